The number of halogens is 1. The number of ketones is 1. The number of allylic oxidation sites excluding steroid dienone is 2. The molecule has 1 fully saturated rings. The number of likely N-dealkylation sites (tertiary alicyclic amines) is 1. The molecular weight excluding hydrogens is 302 g/mol. The zero-order valence-electron chi connectivity index (χ0n) is 11.0. The van der Waals surface area contributed by atoms with E-state index in [1.54, 1.807) is 0 Å². The maximum atomic E-state index is 12.7. The Morgan fingerprint density at radius 3 is 2.53 bits per heavy atom. The van der Waals surface area contributed by atoms with Crippen LogP contribution in [0, 0.1) is 0 Å². The first-order valence-electron chi connectivity index (χ1n) is 7.03. The Labute approximate surface area is 122 Å². The van der Waals surface area contributed by atoms with E-state index in [1.807, 2.05) is 24.3 Å². The number of carbonyl (C=O) groups excluding carboxylic acids is 1. The van der Waals surface area contributed by atoms with E-state index in [9.17, 15) is 4.79 Å². The zero-order valence-corrected chi connectivity index (χ0v) is 12.6. The summed E-state index contributed by atoms with van der Waals surface area (Å²) in [6, 6.07) is 7.74. The minimum atomic E-state index is 0.215. The van der Waals surface area contributed by atoms with Crippen molar-refractivity contribution >= 4 is 21.7 Å². The van der Waals surface area contributed by atoms with Crippen molar-refractivity contribution in [1.82, 2.24) is 4.90 Å². The van der Waals surface area contributed by atoms with E-state index >= 15 is 0 Å². The quantitative estimate of drug-likeness (QED) is 0.779. The predicted octanol–water partition coefficient (Wildman–Crippen LogP) is 4.17. The van der Waals surface area contributed by atoms with Crippen molar-refractivity contribution in [2.45, 2.75) is 32.1 Å². The lowest BCUT2D eigenvalue weighted by Crippen LogP contribution is -2.20. The molecule has 2 aliphatic rings. The molecule has 0 aromatic heterocycles. The van der Waals surface area contributed by atoms with Gasteiger partial charge in [0.25, 0.3) is 0 Å². The van der Waals surface area contributed by atoms with Crippen LogP contribution in [0.1, 0.15) is 42.5 Å². The van der Waals surface area contributed by atoms with Gasteiger partial charge in [-0.05, 0) is 44.2 Å². The first kappa shape index (κ1) is 12.9. The highest BCUT2D eigenvalue weighted by molar-refractivity contribution is 9.10. The van der Waals surface area contributed by atoms with Crippen LogP contribution in [0.5, 0.6) is 0 Å². The van der Waals surface area contributed by atoms with Crippen LogP contribution >= 0.6 is 15.9 Å². The lowest BCUT2D eigenvalue weighted by Gasteiger charge is -2.21. The molecule has 1 aliphatic carbocycles. The minimum absolute atomic E-state index is 0.215. The minimum Gasteiger partial charge on any atom is -0.374 e. The number of rotatable bonds is 3. The molecular formula is C16H18BrNO. The smallest absolute Gasteiger partial charge is 0.191 e. The molecule has 0 atom stereocenters. The van der Waals surface area contributed by atoms with Crippen LogP contribution in [0.25, 0.3) is 0 Å². The van der Waals surface area contributed by atoms with Crippen LogP contribution in [0.2, 0.25) is 0 Å². The summed E-state index contributed by atoms with van der Waals surface area (Å²) in [6.07, 6.45) is 5.66. The van der Waals surface area contributed by atoms with Crippen molar-refractivity contribution in [2.24, 2.45) is 0 Å². The van der Waals surface area contributed by atoms with Crippen molar-refractivity contribution in [1.29, 1.82) is 0 Å². The van der Waals surface area contributed by atoms with Crippen molar-refractivity contribution in [3.8, 4) is 0 Å². The molecule has 0 N–H and O–H groups in total. The highest BCUT2D eigenvalue weighted by atomic mass is 79.9. The third-order valence-corrected chi connectivity index (χ3v) is 4.76. The van der Waals surface area contributed by atoms with Gasteiger partial charge in [-0.2, -0.15) is 0 Å². The van der Waals surface area contributed by atoms with Gasteiger partial charge in [-0.3, -0.25) is 4.79 Å². The molecule has 3 rings (SSSR count). The monoisotopic (exact) mass is 319 g/mol. The van der Waals surface area contributed by atoms with Crippen LogP contribution in [-0.2, 0) is 0 Å². The molecule has 0 saturated carbocycles. The summed E-state index contributed by atoms with van der Waals surface area (Å²) in [5.41, 5.74) is 3.17. The molecule has 0 radical (unpaired) electrons. The number of hydrogen-bond acceptors (Lipinski definition) is 2. The maximum Gasteiger partial charge on any atom is 0.191 e. The predicted molar refractivity (Wildman–Crippen MR) is 80.2 cm³/mol. The second-order valence-corrected chi connectivity index (χ2v) is 6.14. The molecule has 0 spiro atoms. The van der Waals surface area contributed by atoms with Gasteiger partial charge in [0.05, 0.1) is 0 Å². The van der Waals surface area contributed by atoms with Crippen LogP contribution in [0.3, 0.4) is 0 Å². The van der Waals surface area contributed by atoms with Gasteiger partial charge in [-0.1, -0.05) is 28.1 Å². The third-order valence-electron chi connectivity index (χ3n) is 4.07. The van der Waals surface area contributed by atoms with Crippen molar-refractivity contribution < 1.29 is 4.79 Å². The largest absolute Gasteiger partial charge is 0.374 e. The summed E-state index contributed by atoms with van der Waals surface area (Å²) in [7, 11) is 0. The Morgan fingerprint density at radius 2 is 1.79 bits per heavy atom. The molecule has 0 bridgehead atoms. The van der Waals surface area contributed by atoms with Gasteiger partial charge in [-0.25, -0.2) is 0 Å². The summed E-state index contributed by atoms with van der Waals surface area (Å²) < 4.78 is 0.903. The summed E-state index contributed by atoms with van der Waals surface area (Å²) in [5.74, 6) is 0.215. The van der Waals surface area contributed by atoms with Crippen molar-refractivity contribution in [2.75, 3.05) is 13.1 Å². The average Bonchev–Trinajstić information content (AvgIpc) is 3.09. The van der Waals surface area contributed by atoms with Crippen LogP contribution in [-0.4, -0.2) is 23.8 Å². The Hall–Kier alpha value is -1.09. The highest BCUT2D eigenvalue weighted by Crippen LogP contribution is 2.34. The Bertz CT molecular complexity index is 529. The molecule has 1 saturated heterocycles. The maximum absolute atomic E-state index is 12.7. The fourth-order valence-electron chi connectivity index (χ4n) is 3.12. The van der Waals surface area contributed by atoms with E-state index in [-0.39, 0.29) is 5.78 Å². The van der Waals surface area contributed by atoms with Gasteiger partial charge in [0.2, 0.25) is 0 Å². The Kier molecular flexibility index (Phi) is 3.74. The summed E-state index contributed by atoms with van der Waals surface area (Å²) >= 11 is 3.49. The molecule has 1 aromatic carbocycles. The van der Waals surface area contributed by atoms with E-state index < -0.39 is 0 Å². The second kappa shape index (κ2) is 5.49. The van der Waals surface area contributed by atoms with E-state index in [0.29, 0.717) is 0 Å². The van der Waals surface area contributed by atoms with Gasteiger partial charge < -0.3 is 4.90 Å². The molecule has 1 heterocycles. The Balaban J connectivity index is 1.93. The Morgan fingerprint density at radius 1 is 1.05 bits per heavy atom. The number of benzene rings is 1. The lowest BCUT2D eigenvalue weighted by atomic mass is 10.0. The normalized spacial score (nSPS) is 19.3. The van der Waals surface area contributed by atoms with Gasteiger partial charge in [0, 0.05) is 34.4 Å². The summed E-state index contributed by atoms with van der Waals surface area (Å²) in [4.78, 5) is 15.1. The van der Waals surface area contributed by atoms with Gasteiger partial charge in [0.1, 0.15) is 0 Å². The molecule has 0 unspecified atom stereocenters. The average molecular weight is 320 g/mol. The molecule has 1 aliphatic heterocycles. The van der Waals surface area contributed by atoms with Gasteiger partial charge >= 0.3 is 0 Å². The fraction of sp³-hybridized carbons (Fsp3) is 0.438. The molecule has 2 nitrogen and oxygen atoms in total. The first-order valence-corrected chi connectivity index (χ1v) is 7.83. The first-order chi connectivity index (χ1) is 9.27. The van der Waals surface area contributed by atoms with Gasteiger partial charge in [0.15, 0.2) is 5.78 Å². The van der Waals surface area contributed by atoms with Crippen molar-refractivity contribution in [3.63, 3.8) is 0 Å². The molecule has 100 valence electrons. The second-order valence-electron chi connectivity index (χ2n) is 5.28. The van der Waals surface area contributed by atoms with E-state index in [0.717, 1.165) is 48.0 Å². The SMILES string of the molecule is O=C(C1=C(N2CCCC2)CCC1)c1ccccc1Br. The summed E-state index contributed by atoms with van der Waals surface area (Å²) in [6.45, 7) is 2.25. The molecule has 3 heteroatoms. The van der Waals surface area contributed by atoms with Crippen molar-refractivity contribution in [3.05, 3.63) is 45.6 Å². The topological polar surface area (TPSA) is 20.3 Å². The number of Topliss-reactive ketones (excluding diaryl/α,β-unsaturated/α-hetero) is 1. The molecule has 0 amide bonds. The highest BCUT2D eigenvalue weighted by Gasteiger charge is 2.27. The van der Waals surface area contributed by atoms with E-state index in [2.05, 4.69) is 20.8 Å². The molecule has 19 heavy (non-hydrogen) atoms. The van der Waals surface area contributed by atoms with E-state index in [4.69, 9.17) is 0 Å². The number of hydrogen-bond donors (Lipinski definition) is 0. The zero-order chi connectivity index (χ0) is 13.2. The lowest BCUT2D eigenvalue weighted by molar-refractivity contribution is 0.102. The standard InChI is InChI=1S/C16H18BrNO/c17-14-8-2-1-6-12(14)16(19)13-7-5-9-15(13)18-10-3-4-11-18/h1-2,6,8H,3-5,7,9-11H2. The van der Waals surface area contributed by atoms with Crippen LogP contribution in [0.15, 0.2) is 40.0 Å². The van der Waals surface area contributed by atoms with Gasteiger partial charge in [-0.15, -0.1) is 0 Å². The summed E-state index contributed by atoms with van der Waals surface area (Å²) in [5, 5.41) is 0. The fourth-order valence-corrected chi connectivity index (χ4v) is 3.58. The molecule has 1 aromatic rings. The number of carbonyl (C=O) groups is 1. The van der Waals surface area contributed by atoms with Crippen LogP contribution < -0.4 is 0 Å². The van der Waals surface area contributed by atoms with E-state index in [1.165, 1.54) is 18.5 Å². The third kappa shape index (κ3) is 2.48. The van der Waals surface area contributed by atoms with Crippen LogP contribution in [0.4, 0.5) is 0 Å². The number of nitrogens with zero attached hydrogens (tertiary/aromatic N) is 1.